The maximum Gasteiger partial charge on any atom is 0.186 e. The summed E-state index contributed by atoms with van der Waals surface area (Å²) in [5, 5.41) is 62.4. The zero-order chi connectivity index (χ0) is 18.0. The Morgan fingerprint density at radius 3 is 2.33 bits per heavy atom. The van der Waals surface area contributed by atoms with Crippen molar-refractivity contribution in [2.45, 2.75) is 68.8 Å². The molecule has 9 nitrogen and oxygen atoms in total. The minimum absolute atomic E-state index is 0.164. The quantitative estimate of drug-likeness (QED) is 0.255. The van der Waals surface area contributed by atoms with Crippen LogP contribution in [0.4, 0.5) is 0 Å². The Bertz CT molecular complexity index is 447. The fourth-order valence-electron chi connectivity index (χ4n) is 3.13. The molecule has 1 aliphatic heterocycles. The second-order valence-electron chi connectivity index (χ2n) is 6.19. The highest BCUT2D eigenvalue weighted by Gasteiger charge is 2.46. The molecular weight excluding hydrogens is 322 g/mol. The maximum atomic E-state index is 10.3. The van der Waals surface area contributed by atoms with Gasteiger partial charge in [0.2, 0.25) is 0 Å². The Kier molecular flexibility index (Phi) is 6.71. The van der Waals surface area contributed by atoms with Gasteiger partial charge in [-0.1, -0.05) is 6.08 Å². The highest BCUT2D eigenvalue weighted by Crippen LogP contribution is 2.25. The topological polar surface area (TPSA) is 152 Å². The first-order chi connectivity index (χ1) is 11.3. The van der Waals surface area contributed by atoms with Crippen molar-refractivity contribution < 1.29 is 40.1 Å². The molecule has 0 bridgehead atoms. The lowest BCUT2D eigenvalue weighted by atomic mass is 9.86. The highest BCUT2D eigenvalue weighted by molar-refractivity contribution is 5.22. The van der Waals surface area contributed by atoms with Crippen LogP contribution in [0.1, 0.15) is 13.8 Å². The number of ether oxygens (including phenoxy) is 2. The summed E-state index contributed by atoms with van der Waals surface area (Å²) >= 11 is 0. The van der Waals surface area contributed by atoms with Crippen molar-refractivity contribution in [1.29, 1.82) is 0 Å². The van der Waals surface area contributed by atoms with E-state index in [4.69, 9.17) is 9.47 Å². The van der Waals surface area contributed by atoms with Crippen molar-refractivity contribution in [3.63, 3.8) is 0 Å². The Hall–Kier alpha value is -0.620. The lowest BCUT2D eigenvalue weighted by Gasteiger charge is -2.44. The summed E-state index contributed by atoms with van der Waals surface area (Å²) in [6.45, 7) is 3.25. The van der Waals surface area contributed by atoms with Gasteiger partial charge in [0.25, 0.3) is 0 Å². The molecule has 9 unspecified atom stereocenters. The second-order valence-corrected chi connectivity index (χ2v) is 6.19. The molecule has 9 atom stereocenters. The van der Waals surface area contributed by atoms with Crippen molar-refractivity contribution in [2.24, 2.45) is 0 Å². The van der Waals surface area contributed by atoms with Crippen LogP contribution in [0.5, 0.6) is 0 Å². The van der Waals surface area contributed by atoms with E-state index < -0.39 is 61.6 Å². The van der Waals surface area contributed by atoms with Gasteiger partial charge in [-0.3, -0.25) is 0 Å². The van der Waals surface area contributed by atoms with Gasteiger partial charge >= 0.3 is 0 Å². The van der Waals surface area contributed by atoms with Crippen LogP contribution in [0.15, 0.2) is 11.6 Å². The predicted molar refractivity (Wildman–Crippen MR) is 81.9 cm³/mol. The smallest absolute Gasteiger partial charge is 0.186 e. The molecule has 1 heterocycles. The summed E-state index contributed by atoms with van der Waals surface area (Å²) in [5.74, 6) is 0. The van der Waals surface area contributed by atoms with Gasteiger partial charge in [-0.2, -0.15) is 0 Å². The summed E-state index contributed by atoms with van der Waals surface area (Å²) in [7, 11) is 0. The number of hydrogen-bond donors (Lipinski definition) is 7. The van der Waals surface area contributed by atoms with Gasteiger partial charge in [0, 0.05) is 6.61 Å². The van der Waals surface area contributed by atoms with Gasteiger partial charge in [0.1, 0.15) is 30.5 Å². The minimum Gasteiger partial charge on any atom is -0.392 e. The van der Waals surface area contributed by atoms with Crippen LogP contribution in [0.3, 0.4) is 0 Å². The molecule has 2 rings (SSSR count). The van der Waals surface area contributed by atoms with Gasteiger partial charge in [-0.05, 0) is 19.4 Å². The maximum absolute atomic E-state index is 10.3. The van der Waals surface area contributed by atoms with Crippen LogP contribution < -0.4 is 5.32 Å². The molecule has 9 heteroatoms. The highest BCUT2D eigenvalue weighted by atomic mass is 16.7. The SMILES string of the molecule is CCOC1OC(C)C(NC2C=C(CO)C(O)C(O)C2O)C(O)C1O. The van der Waals surface area contributed by atoms with E-state index in [2.05, 4.69) is 5.32 Å². The molecule has 0 spiro atoms. The average molecular weight is 349 g/mol. The third-order valence-electron chi connectivity index (χ3n) is 4.56. The van der Waals surface area contributed by atoms with Gasteiger partial charge in [-0.15, -0.1) is 0 Å². The lowest BCUT2D eigenvalue weighted by molar-refractivity contribution is -0.272. The van der Waals surface area contributed by atoms with E-state index in [-0.39, 0.29) is 5.57 Å². The molecule has 1 aliphatic carbocycles. The third-order valence-corrected chi connectivity index (χ3v) is 4.56. The molecule has 0 saturated carbocycles. The van der Waals surface area contributed by atoms with E-state index in [1.807, 2.05) is 0 Å². The summed E-state index contributed by atoms with van der Waals surface area (Å²) in [6, 6.07) is -1.60. The van der Waals surface area contributed by atoms with Crippen molar-refractivity contribution in [2.75, 3.05) is 13.2 Å². The minimum atomic E-state index is -1.48. The number of aliphatic hydroxyl groups excluding tert-OH is 6. The summed E-state index contributed by atoms with van der Waals surface area (Å²) < 4.78 is 10.8. The molecule has 1 fully saturated rings. The first-order valence-corrected chi connectivity index (χ1v) is 8.06. The number of aliphatic hydroxyl groups is 6. The Labute approximate surface area is 140 Å². The molecule has 140 valence electrons. The summed E-state index contributed by atoms with van der Waals surface area (Å²) in [6.07, 6.45) is -6.80. The van der Waals surface area contributed by atoms with Crippen LogP contribution in [0.2, 0.25) is 0 Å². The van der Waals surface area contributed by atoms with Crippen LogP contribution in [0, 0.1) is 0 Å². The molecule has 0 aromatic carbocycles. The van der Waals surface area contributed by atoms with Gasteiger partial charge in [0.05, 0.1) is 24.8 Å². The second kappa shape index (κ2) is 8.17. The van der Waals surface area contributed by atoms with Crippen molar-refractivity contribution >= 4 is 0 Å². The van der Waals surface area contributed by atoms with Crippen LogP contribution >= 0.6 is 0 Å². The van der Waals surface area contributed by atoms with Crippen molar-refractivity contribution in [1.82, 2.24) is 5.32 Å². The molecule has 0 aromatic heterocycles. The van der Waals surface area contributed by atoms with E-state index in [1.54, 1.807) is 13.8 Å². The third kappa shape index (κ3) is 3.79. The standard InChI is InChI=1S/C15H27NO8/c1-3-23-15-14(22)12(20)9(6(2)24-15)16-8-4-7(5-17)10(18)13(21)11(8)19/h4,6,8-22H,3,5H2,1-2H3. The van der Waals surface area contributed by atoms with E-state index in [0.717, 1.165) is 0 Å². The van der Waals surface area contributed by atoms with Crippen molar-refractivity contribution in [3.05, 3.63) is 11.6 Å². The van der Waals surface area contributed by atoms with Gasteiger partial charge in [-0.25, -0.2) is 0 Å². The summed E-state index contributed by atoms with van der Waals surface area (Å²) in [5.41, 5.74) is 0.164. The molecule has 7 N–H and O–H groups in total. The van der Waals surface area contributed by atoms with Crippen LogP contribution in [0.25, 0.3) is 0 Å². The Morgan fingerprint density at radius 1 is 1.08 bits per heavy atom. The van der Waals surface area contributed by atoms with Crippen LogP contribution in [-0.4, -0.2) is 98.9 Å². The first kappa shape index (κ1) is 19.7. The van der Waals surface area contributed by atoms with Crippen molar-refractivity contribution in [3.8, 4) is 0 Å². The van der Waals surface area contributed by atoms with E-state index in [9.17, 15) is 30.6 Å². The molecule has 0 radical (unpaired) electrons. The molecule has 24 heavy (non-hydrogen) atoms. The predicted octanol–water partition coefficient (Wildman–Crippen LogP) is -3.17. The van der Waals surface area contributed by atoms with E-state index >= 15 is 0 Å². The molecule has 0 amide bonds. The zero-order valence-corrected chi connectivity index (χ0v) is 13.7. The zero-order valence-electron chi connectivity index (χ0n) is 13.7. The van der Waals surface area contributed by atoms with Gasteiger partial charge < -0.3 is 45.4 Å². The normalized spacial score (nSPS) is 46.7. The van der Waals surface area contributed by atoms with E-state index in [1.165, 1.54) is 6.08 Å². The Balaban J connectivity index is 2.13. The first-order valence-electron chi connectivity index (χ1n) is 8.06. The number of nitrogens with one attached hydrogen (secondary N) is 1. The fraction of sp³-hybridized carbons (Fsp3) is 0.867. The van der Waals surface area contributed by atoms with Gasteiger partial charge in [0.15, 0.2) is 6.29 Å². The Morgan fingerprint density at radius 2 is 1.75 bits per heavy atom. The van der Waals surface area contributed by atoms with E-state index in [0.29, 0.717) is 6.61 Å². The average Bonchev–Trinajstić information content (AvgIpc) is 2.56. The molecule has 0 aromatic rings. The summed E-state index contributed by atoms with van der Waals surface area (Å²) in [4.78, 5) is 0. The molecule has 1 saturated heterocycles. The monoisotopic (exact) mass is 349 g/mol. The largest absolute Gasteiger partial charge is 0.392 e. The number of hydrogen-bond acceptors (Lipinski definition) is 9. The fourth-order valence-corrected chi connectivity index (χ4v) is 3.13. The van der Waals surface area contributed by atoms with Crippen LogP contribution in [-0.2, 0) is 9.47 Å². The molecule has 2 aliphatic rings. The number of rotatable bonds is 5. The lowest BCUT2D eigenvalue weighted by Crippen LogP contribution is -2.66. The molecular formula is C15H27NO8.